The van der Waals surface area contributed by atoms with Gasteiger partial charge in [0, 0.05) is 38.4 Å². The molecule has 1 N–H and O–H groups in total. The Labute approximate surface area is 114 Å². The van der Waals surface area contributed by atoms with Crippen molar-refractivity contribution in [3.63, 3.8) is 0 Å². The van der Waals surface area contributed by atoms with Crippen molar-refractivity contribution < 1.29 is 4.42 Å². The summed E-state index contributed by atoms with van der Waals surface area (Å²) in [5.74, 6) is 0.981. The van der Waals surface area contributed by atoms with E-state index in [0.29, 0.717) is 0 Å². The second kappa shape index (κ2) is 6.54. The molecular weight excluding hydrogens is 240 g/mol. The molecule has 0 aliphatic rings. The van der Waals surface area contributed by atoms with Gasteiger partial charge in [0.05, 0.1) is 18.5 Å². The van der Waals surface area contributed by atoms with E-state index in [1.165, 1.54) is 5.56 Å². The molecule has 0 aliphatic heterocycles. The van der Waals surface area contributed by atoms with Gasteiger partial charge in [-0.25, -0.2) is 0 Å². The van der Waals surface area contributed by atoms with Crippen molar-refractivity contribution in [3.8, 4) is 0 Å². The zero-order valence-corrected chi connectivity index (χ0v) is 11.8. The normalized spacial score (nSPS) is 13.1. The average Bonchev–Trinajstić information content (AvgIpc) is 3.00. The summed E-state index contributed by atoms with van der Waals surface area (Å²) in [6.07, 6.45) is 5.67. The van der Waals surface area contributed by atoms with Crippen LogP contribution in [0.1, 0.15) is 24.3 Å². The van der Waals surface area contributed by atoms with E-state index in [-0.39, 0.29) is 6.04 Å². The van der Waals surface area contributed by atoms with E-state index in [4.69, 9.17) is 4.42 Å². The highest BCUT2D eigenvalue weighted by molar-refractivity contribution is 5.04. The zero-order chi connectivity index (χ0) is 13.7. The van der Waals surface area contributed by atoms with Gasteiger partial charge in [-0.05, 0) is 26.1 Å². The van der Waals surface area contributed by atoms with Crippen molar-refractivity contribution in [2.24, 2.45) is 7.05 Å². The number of aromatic nitrogens is 2. The first kappa shape index (κ1) is 13.8. The van der Waals surface area contributed by atoms with Gasteiger partial charge in [0.15, 0.2) is 0 Å². The van der Waals surface area contributed by atoms with Crippen molar-refractivity contribution in [1.82, 2.24) is 20.0 Å². The lowest BCUT2D eigenvalue weighted by Gasteiger charge is -2.17. The first-order valence-electron chi connectivity index (χ1n) is 6.58. The number of likely N-dealkylation sites (N-methyl/N-ethyl adjacent to an activating group) is 1. The number of furan rings is 1. The molecule has 5 heteroatoms. The number of nitrogens with one attached hydrogen (secondary N) is 1. The smallest absolute Gasteiger partial charge is 0.120 e. The molecule has 5 nitrogen and oxygen atoms in total. The highest BCUT2D eigenvalue weighted by atomic mass is 16.3. The molecule has 0 amide bonds. The topological polar surface area (TPSA) is 46.2 Å². The Bertz CT molecular complexity index is 477. The molecule has 2 aromatic rings. The maximum atomic E-state index is 5.36. The largest absolute Gasteiger partial charge is 0.468 e. The second-order valence-electron chi connectivity index (χ2n) is 4.95. The fraction of sp³-hybridized carbons (Fsp3) is 0.500. The molecule has 0 saturated carbocycles. The summed E-state index contributed by atoms with van der Waals surface area (Å²) < 4.78 is 7.20. The molecule has 104 valence electrons. The van der Waals surface area contributed by atoms with E-state index < -0.39 is 0 Å². The molecule has 2 aromatic heterocycles. The lowest BCUT2D eigenvalue weighted by atomic mass is 10.2. The number of nitrogens with zero attached hydrogens (tertiary/aromatic N) is 3. The fourth-order valence-corrected chi connectivity index (χ4v) is 2.05. The van der Waals surface area contributed by atoms with E-state index >= 15 is 0 Å². The molecule has 0 aliphatic carbocycles. The molecule has 0 aromatic carbocycles. The minimum Gasteiger partial charge on any atom is -0.468 e. The summed E-state index contributed by atoms with van der Waals surface area (Å²) in [4.78, 5) is 2.28. The van der Waals surface area contributed by atoms with E-state index in [1.54, 1.807) is 6.26 Å². The van der Waals surface area contributed by atoms with Crippen molar-refractivity contribution in [2.75, 3.05) is 20.1 Å². The third-order valence-corrected chi connectivity index (χ3v) is 3.12. The highest BCUT2D eigenvalue weighted by Gasteiger charge is 2.07. The Hall–Kier alpha value is -1.59. The molecule has 0 fully saturated rings. The number of hydrogen-bond donors (Lipinski definition) is 1. The lowest BCUT2D eigenvalue weighted by molar-refractivity contribution is 0.313. The minimum absolute atomic E-state index is 0.252. The number of rotatable bonds is 7. The monoisotopic (exact) mass is 262 g/mol. The molecule has 19 heavy (non-hydrogen) atoms. The molecule has 1 unspecified atom stereocenters. The van der Waals surface area contributed by atoms with Gasteiger partial charge >= 0.3 is 0 Å². The Balaban J connectivity index is 1.68. The van der Waals surface area contributed by atoms with Gasteiger partial charge in [-0.15, -0.1) is 0 Å². The average molecular weight is 262 g/mol. The summed E-state index contributed by atoms with van der Waals surface area (Å²) in [5, 5.41) is 7.62. The molecule has 1 atom stereocenters. The van der Waals surface area contributed by atoms with Gasteiger partial charge < -0.3 is 14.6 Å². The Morgan fingerprint density at radius 2 is 2.37 bits per heavy atom. The van der Waals surface area contributed by atoms with E-state index in [9.17, 15) is 0 Å². The van der Waals surface area contributed by atoms with Crippen LogP contribution >= 0.6 is 0 Å². The van der Waals surface area contributed by atoms with Gasteiger partial charge in [-0.1, -0.05) is 0 Å². The lowest BCUT2D eigenvalue weighted by Crippen LogP contribution is -2.30. The molecule has 0 radical (unpaired) electrons. The SMILES string of the molecule is CC(NCCN(C)Cc1cnn(C)c1)c1ccco1. The van der Waals surface area contributed by atoms with Crippen LogP contribution in [0.4, 0.5) is 0 Å². The van der Waals surface area contributed by atoms with Crippen LogP contribution in [0.3, 0.4) is 0 Å². The standard InChI is InChI=1S/C14H22N4O/c1-12(14-5-4-8-19-14)15-6-7-17(2)10-13-9-16-18(3)11-13/h4-5,8-9,11-12,15H,6-7,10H2,1-3H3. The van der Waals surface area contributed by atoms with Gasteiger partial charge in [-0.3, -0.25) is 4.68 Å². The van der Waals surface area contributed by atoms with Crippen LogP contribution in [0, 0.1) is 0 Å². The van der Waals surface area contributed by atoms with E-state index in [0.717, 1.165) is 25.4 Å². The highest BCUT2D eigenvalue weighted by Crippen LogP contribution is 2.11. The van der Waals surface area contributed by atoms with Crippen LogP contribution < -0.4 is 5.32 Å². The first-order valence-corrected chi connectivity index (χ1v) is 6.58. The number of aryl methyl sites for hydroxylation is 1. The first-order chi connectivity index (χ1) is 9.15. The number of hydrogen-bond acceptors (Lipinski definition) is 4. The quantitative estimate of drug-likeness (QED) is 0.826. The molecule has 0 saturated heterocycles. The van der Waals surface area contributed by atoms with Gasteiger partial charge in [-0.2, -0.15) is 5.10 Å². The van der Waals surface area contributed by atoms with Crippen molar-refractivity contribution >= 4 is 0 Å². The van der Waals surface area contributed by atoms with Crippen LogP contribution in [0.2, 0.25) is 0 Å². The van der Waals surface area contributed by atoms with E-state index in [1.807, 2.05) is 30.1 Å². The van der Waals surface area contributed by atoms with Gasteiger partial charge in [0.25, 0.3) is 0 Å². The maximum Gasteiger partial charge on any atom is 0.120 e. The molecule has 0 spiro atoms. The van der Waals surface area contributed by atoms with Crippen LogP contribution in [0.15, 0.2) is 35.2 Å². The van der Waals surface area contributed by atoms with Crippen molar-refractivity contribution in [2.45, 2.75) is 19.5 Å². The fourth-order valence-electron chi connectivity index (χ4n) is 2.05. The van der Waals surface area contributed by atoms with E-state index in [2.05, 4.69) is 35.5 Å². The van der Waals surface area contributed by atoms with Crippen molar-refractivity contribution in [1.29, 1.82) is 0 Å². The molecule has 0 bridgehead atoms. The van der Waals surface area contributed by atoms with Gasteiger partial charge in [0.2, 0.25) is 0 Å². The van der Waals surface area contributed by atoms with Gasteiger partial charge in [0.1, 0.15) is 5.76 Å². The third kappa shape index (κ3) is 4.22. The predicted molar refractivity (Wildman–Crippen MR) is 74.7 cm³/mol. The maximum absolute atomic E-state index is 5.36. The Morgan fingerprint density at radius 1 is 1.53 bits per heavy atom. The summed E-state index contributed by atoms with van der Waals surface area (Å²) in [6.45, 7) is 4.95. The second-order valence-corrected chi connectivity index (χ2v) is 4.95. The van der Waals surface area contributed by atoms with Crippen LogP contribution in [0.5, 0.6) is 0 Å². The summed E-state index contributed by atoms with van der Waals surface area (Å²) >= 11 is 0. The summed E-state index contributed by atoms with van der Waals surface area (Å²) in [7, 11) is 4.06. The third-order valence-electron chi connectivity index (χ3n) is 3.12. The Morgan fingerprint density at radius 3 is 3.00 bits per heavy atom. The summed E-state index contributed by atoms with van der Waals surface area (Å²) in [5.41, 5.74) is 1.24. The van der Waals surface area contributed by atoms with Crippen molar-refractivity contribution in [3.05, 3.63) is 42.1 Å². The molecule has 2 heterocycles. The predicted octanol–water partition coefficient (Wildman–Crippen LogP) is 1.80. The van der Waals surface area contributed by atoms with Crippen LogP contribution in [0.25, 0.3) is 0 Å². The molecule has 2 rings (SSSR count). The molecular formula is C14H22N4O. The van der Waals surface area contributed by atoms with Crippen LogP contribution in [-0.4, -0.2) is 34.8 Å². The summed E-state index contributed by atoms with van der Waals surface area (Å²) in [6, 6.07) is 4.17. The Kier molecular flexibility index (Phi) is 4.76. The van der Waals surface area contributed by atoms with Crippen LogP contribution in [-0.2, 0) is 13.6 Å². The minimum atomic E-state index is 0.252. The zero-order valence-electron chi connectivity index (χ0n) is 11.8.